The maximum atomic E-state index is 12.2. The monoisotopic (exact) mass is 317 g/mol. The molecule has 0 spiro atoms. The number of hydrogen-bond donors (Lipinski definition) is 1. The lowest BCUT2D eigenvalue weighted by atomic mass is 10.0. The largest absolute Gasteiger partial charge is 0.322 e. The van der Waals surface area contributed by atoms with Crippen molar-refractivity contribution in [3.05, 3.63) is 52.3 Å². The first kappa shape index (κ1) is 16.3. The summed E-state index contributed by atoms with van der Waals surface area (Å²) in [5, 5.41) is 7.71. The van der Waals surface area contributed by atoms with Gasteiger partial charge in [0, 0.05) is 35.6 Å². The van der Waals surface area contributed by atoms with E-state index in [-0.39, 0.29) is 5.91 Å². The number of amides is 1. The number of benzene rings is 1. The molecule has 22 heavy (non-hydrogen) atoms. The fourth-order valence-electron chi connectivity index (χ4n) is 2.33. The molecule has 0 aliphatic heterocycles. The van der Waals surface area contributed by atoms with Crippen LogP contribution >= 0.6 is 11.6 Å². The maximum Gasteiger partial charge on any atom is 0.248 e. The number of rotatable bonds is 5. The van der Waals surface area contributed by atoms with Gasteiger partial charge in [-0.15, -0.1) is 0 Å². The summed E-state index contributed by atoms with van der Waals surface area (Å²) in [7, 11) is 1.84. The number of nitrogens with zero attached hydrogens (tertiary/aromatic N) is 2. The van der Waals surface area contributed by atoms with E-state index in [4.69, 9.17) is 11.6 Å². The molecule has 0 unspecified atom stereocenters. The van der Waals surface area contributed by atoms with Crippen molar-refractivity contribution in [2.24, 2.45) is 7.05 Å². The smallest absolute Gasteiger partial charge is 0.248 e. The van der Waals surface area contributed by atoms with Gasteiger partial charge in [-0.2, -0.15) is 5.10 Å². The number of aromatic nitrogens is 2. The highest BCUT2D eigenvalue weighted by Gasteiger charge is 2.11. The molecule has 116 valence electrons. The summed E-state index contributed by atoms with van der Waals surface area (Å²) in [6, 6.07) is 3.85. The molecule has 0 aliphatic carbocycles. The first-order valence-electron chi connectivity index (χ1n) is 7.33. The molecule has 0 radical (unpaired) electrons. The van der Waals surface area contributed by atoms with Crippen LogP contribution in [-0.2, 0) is 24.7 Å². The van der Waals surface area contributed by atoms with Crippen LogP contribution in [0.1, 0.15) is 30.5 Å². The lowest BCUT2D eigenvalue weighted by molar-refractivity contribution is -0.111. The average Bonchev–Trinajstić information content (AvgIpc) is 2.91. The highest BCUT2D eigenvalue weighted by atomic mass is 35.5. The molecule has 0 aliphatic rings. The molecule has 1 aromatic carbocycles. The zero-order valence-corrected chi connectivity index (χ0v) is 13.8. The lowest BCUT2D eigenvalue weighted by Crippen LogP contribution is -2.12. The summed E-state index contributed by atoms with van der Waals surface area (Å²) in [5.74, 6) is -0.171. The normalized spacial score (nSPS) is 11.1. The van der Waals surface area contributed by atoms with Gasteiger partial charge < -0.3 is 5.32 Å². The van der Waals surface area contributed by atoms with Crippen LogP contribution in [0.25, 0.3) is 6.08 Å². The van der Waals surface area contributed by atoms with E-state index in [1.807, 2.05) is 32.3 Å². The molecule has 2 rings (SSSR count). The number of aryl methyl sites for hydroxylation is 2. The van der Waals surface area contributed by atoms with Crippen LogP contribution in [0.2, 0.25) is 5.02 Å². The first-order valence-corrected chi connectivity index (χ1v) is 7.70. The minimum Gasteiger partial charge on any atom is -0.322 e. The van der Waals surface area contributed by atoms with Crippen molar-refractivity contribution in [3.63, 3.8) is 0 Å². The average molecular weight is 318 g/mol. The fraction of sp³-hybridized carbons (Fsp3) is 0.294. The van der Waals surface area contributed by atoms with Crippen LogP contribution in [0, 0.1) is 0 Å². The lowest BCUT2D eigenvalue weighted by Gasteiger charge is -2.15. The van der Waals surface area contributed by atoms with Crippen molar-refractivity contribution in [2.75, 3.05) is 5.32 Å². The van der Waals surface area contributed by atoms with E-state index in [0.29, 0.717) is 5.02 Å². The number of carbonyl (C=O) groups excluding carboxylic acids is 1. The van der Waals surface area contributed by atoms with E-state index in [1.54, 1.807) is 17.0 Å². The summed E-state index contributed by atoms with van der Waals surface area (Å²) in [6.07, 6.45) is 8.41. The van der Waals surface area contributed by atoms with Gasteiger partial charge in [-0.3, -0.25) is 9.48 Å². The predicted molar refractivity (Wildman–Crippen MR) is 91.1 cm³/mol. The molecule has 1 aromatic heterocycles. The SMILES string of the molecule is CCc1ccc(Cl)c(CC)c1NC(=O)/C=C/c1cnn(C)c1. The Labute approximate surface area is 135 Å². The number of anilines is 1. The van der Waals surface area contributed by atoms with Crippen molar-refractivity contribution in [3.8, 4) is 0 Å². The maximum absolute atomic E-state index is 12.2. The minimum absolute atomic E-state index is 0.171. The molecule has 0 fully saturated rings. The molecule has 2 aromatic rings. The third-order valence-corrected chi connectivity index (χ3v) is 3.83. The number of nitrogens with one attached hydrogen (secondary N) is 1. The Bertz CT molecular complexity index is 704. The third-order valence-electron chi connectivity index (χ3n) is 3.48. The van der Waals surface area contributed by atoms with Crippen molar-refractivity contribution < 1.29 is 4.79 Å². The number of hydrogen-bond acceptors (Lipinski definition) is 2. The summed E-state index contributed by atoms with van der Waals surface area (Å²) in [6.45, 7) is 4.09. The topological polar surface area (TPSA) is 46.9 Å². The third kappa shape index (κ3) is 3.77. The molecular weight excluding hydrogens is 298 g/mol. The summed E-state index contributed by atoms with van der Waals surface area (Å²) in [5.41, 5.74) is 3.78. The zero-order valence-electron chi connectivity index (χ0n) is 13.1. The Morgan fingerprint density at radius 1 is 1.36 bits per heavy atom. The highest BCUT2D eigenvalue weighted by Crippen LogP contribution is 2.29. The van der Waals surface area contributed by atoms with Gasteiger partial charge in [-0.25, -0.2) is 0 Å². The molecule has 1 amide bonds. The molecule has 0 saturated carbocycles. The van der Waals surface area contributed by atoms with Crippen LogP contribution in [0.15, 0.2) is 30.6 Å². The van der Waals surface area contributed by atoms with E-state index >= 15 is 0 Å². The number of carbonyl (C=O) groups is 1. The van der Waals surface area contributed by atoms with Crippen molar-refractivity contribution >= 4 is 29.3 Å². The van der Waals surface area contributed by atoms with Gasteiger partial charge in [0.25, 0.3) is 0 Å². The Morgan fingerprint density at radius 3 is 2.73 bits per heavy atom. The molecule has 1 N–H and O–H groups in total. The first-order chi connectivity index (χ1) is 10.5. The molecule has 0 atom stereocenters. The quantitative estimate of drug-likeness (QED) is 0.851. The summed E-state index contributed by atoms with van der Waals surface area (Å²) >= 11 is 6.24. The Kier molecular flexibility index (Phi) is 5.39. The minimum atomic E-state index is -0.171. The van der Waals surface area contributed by atoms with E-state index in [0.717, 1.165) is 35.2 Å². The second-order valence-electron chi connectivity index (χ2n) is 5.04. The molecule has 0 bridgehead atoms. The van der Waals surface area contributed by atoms with Gasteiger partial charge in [0.15, 0.2) is 0 Å². The second kappa shape index (κ2) is 7.27. The van der Waals surface area contributed by atoms with E-state index < -0.39 is 0 Å². The van der Waals surface area contributed by atoms with Gasteiger partial charge in [-0.05, 0) is 36.1 Å². The van der Waals surface area contributed by atoms with Crippen molar-refractivity contribution in [1.29, 1.82) is 0 Å². The molecular formula is C17H20ClN3O. The van der Waals surface area contributed by atoms with Crippen molar-refractivity contribution in [2.45, 2.75) is 26.7 Å². The van der Waals surface area contributed by atoms with Crippen LogP contribution in [0.4, 0.5) is 5.69 Å². The zero-order chi connectivity index (χ0) is 16.1. The Balaban J connectivity index is 2.20. The predicted octanol–water partition coefficient (Wildman–Crippen LogP) is 3.85. The van der Waals surface area contributed by atoms with Gasteiger partial charge >= 0.3 is 0 Å². The Morgan fingerprint density at radius 2 is 2.14 bits per heavy atom. The molecule has 0 saturated heterocycles. The van der Waals surface area contributed by atoms with Gasteiger partial charge in [0.2, 0.25) is 5.91 Å². The molecule has 1 heterocycles. The van der Waals surface area contributed by atoms with Gasteiger partial charge in [-0.1, -0.05) is 31.5 Å². The summed E-state index contributed by atoms with van der Waals surface area (Å²) < 4.78 is 1.69. The summed E-state index contributed by atoms with van der Waals surface area (Å²) in [4.78, 5) is 12.2. The van der Waals surface area contributed by atoms with Crippen LogP contribution < -0.4 is 5.32 Å². The van der Waals surface area contributed by atoms with E-state index in [2.05, 4.69) is 17.3 Å². The van der Waals surface area contributed by atoms with E-state index in [9.17, 15) is 4.79 Å². The van der Waals surface area contributed by atoms with Crippen molar-refractivity contribution in [1.82, 2.24) is 9.78 Å². The van der Waals surface area contributed by atoms with Gasteiger partial charge in [0.1, 0.15) is 0 Å². The Hall–Kier alpha value is -2.07. The van der Waals surface area contributed by atoms with Gasteiger partial charge in [0.05, 0.1) is 6.20 Å². The molecule has 4 nitrogen and oxygen atoms in total. The highest BCUT2D eigenvalue weighted by molar-refractivity contribution is 6.32. The molecule has 5 heteroatoms. The van der Waals surface area contributed by atoms with E-state index in [1.165, 1.54) is 6.08 Å². The number of halogens is 1. The fourth-order valence-corrected chi connectivity index (χ4v) is 2.62. The van der Waals surface area contributed by atoms with Crippen LogP contribution in [-0.4, -0.2) is 15.7 Å². The standard InChI is InChI=1S/C17H20ClN3O/c1-4-13-7-8-15(18)14(5-2)17(13)20-16(22)9-6-12-10-19-21(3)11-12/h6-11H,4-5H2,1-3H3,(H,20,22)/b9-6+. The van der Waals surface area contributed by atoms with Crippen LogP contribution in [0.5, 0.6) is 0 Å². The second-order valence-corrected chi connectivity index (χ2v) is 5.44. The van der Waals surface area contributed by atoms with Crippen LogP contribution in [0.3, 0.4) is 0 Å².